The quantitative estimate of drug-likeness (QED) is 0.858. The molecule has 2 aliphatic heterocycles. The molecule has 2 aromatic heterocycles. The van der Waals surface area contributed by atoms with Crippen LogP contribution in [0.5, 0.6) is 0 Å². The van der Waals surface area contributed by atoms with Crippen molar-refractivity contribution in [2.45, 2.75) is 12.8 Å². The molecule has 2 aromatic rings. The highest BCUT2D eigenvalue weighted by atomic mass is 35.5. The molecule has 4 heterocycles. The monoisotopic (exact) mass is 393 g/mol. The average molecular weight is 394 g/mol. The van der Waals surface area contributed by atoms with Crippen LogP contribution >= 0.6 is 23.2 Å². The Hall–Kier alpha value is -1.99. The van der Waals surface area contributed by atoms with Crippen LogP contribution in [0.2, 0.25) is 10.0 Å². The van der Waals surface area contributed by atoms with Crippen molar-refractivity contribution >= 4 is 46.5 Å². The average Bonchev–Trinajstić information content (AvgIpc) is 3.22. The van der Waals surface area contributed by atoms with Gasteiger partial charge in [-0.05, 0) is 18.9 Å². The summed E-state index contributed by atoms with van der Waals surface area (Å²) in [6.45, 7) is 5.03. The molecule has 0 bridgehead atoms. The fraction of sp³-hybridized carbons (Fsp3) is 0.471. The molecule has 138 valence electrons. The van der Waals surface area contributed by atoms with E-state index in [2.05, 4.69) is 24.7 Å². The van der Waals surface area contributed by atoms with Gasteiger partial charge in [-0.15, -0.1) is 0 Å². The third-order valence-electron chi connectivity index (χ3n) is 4.90. The van der Waals surface area contributed by atoms with Gasteiger partial charge in [0.05, 0.1) is 5.69 Å². The maximum absolute atomic E-state index is 6.49. The van der Waals surface area contributed by atoms with E-state index in [1.54, 1.807) is 12.4 Å². The SMILES string of the molecule is Nc1c(Cl)c(N2CCCC2)nc(N2CCN(c3ncccn3)CC2)c1Cl. The van der Waals surface area contributed by atoms with Crippen molar-refractivity contribution in [2.24, 2.45) is 0 Å². The van der Waals surface area contributed by atoms with Crippen LogP contribution in [0.3, 0.4) is 0 Å². The van der Waals surface area contributed by atoms with E-state index >= 15 is 0 Å². The predicted molar refractivity (Wildman–Crippen MR) is 107 cm³/mol. The topological polar surface area (TPSA) is 74.4 Å². The highest BCUT2D eigenvalue weighted by Crippen LogP contribution is 2.41. The summed E-state index contributed by atoms with van der Waals surface area (Å²) in [6, 6.07) is 1.82. The van der Waals surface area contributed by atoms with E-state index in [1.165, 1.54) is 0 Å². The molecular weight excluding hydrogens is 373 g/mol. The molecule has 0 aromatic carbocycles. The summed E-state index contributed by atoms with van der Waals surface area (Å²) in [5.74, 6) is 2.21. The maximum atomic E-state index is 6.49. The zero-order valence-electron chi connectivity index (χ0n) is 14.4. The molecule has 0 amide bonds. The minimum absolute atomic E-state index is 0.411. The van der Waals surface area contributed by atoms with Crippen LogP contribution < -0.4 is 20.4 Å². The second-order valence-corrected chi connectivity index (χ2v) is 7.27. The van der Waals surface area contributed by atoms with E-state index in [0.717, 1.165) is 63.9 Å². The predicted octanol–water partition coefficient (Wildman–Crippen LogP) is 2.69. The molecule has 0 saturated carbocycles. The smallest absolute Gasteiger partial charge is 0.225 e. The van der Waals surface area contributed by atoms with Gasteiger partial charge in [0.15, 0.2) is 11.6 Å². The number of hydrogen-bond donors (Lipinski definition) is 1. The zero-order chi connectivity index (χ0) is 18.1. The van der Waals surface area contributed by atoms with E-state index in [4.69, 9.17) is 33.9 Å². The van der Waals surface area contributed by atoms with E-state index in [-0.39, 0.29) is 0 Å². The largest absolute Gasteiger partial charge is 0.396 e. The molecule has 0 unspecified atom stereocenters. The molecule has 9 heteroatoms. The van der Waals surface area contributed by atoms with Gasteiger partial charge < -0.3 is 20.4 Å². The van der Waals surface area contributed by atoms with Gasteiger partial charge in [0.1, 0.15) is 10.0 Å². The number of aromatic nitrogens is 3. The molecule has 26 heavy (non-hydrogen) atoms. The van der Waals surface area contributed by atoms with Crippen LogP contribution in [-0.4, -0.2) is 54.2 Å². The Morgan fingerprint density at radius 1 is 0.769 bits per heavy atom. The van der Waals surface area contributed by atoms with Crippen LogP contribution in [0.4, 0.5) is 23.3 Å². The lowest BCUT2D eigenvalue weighted by atomic mass is 10.3. The summed E-state index contributed by atoms with van der Waals surface area (Å²) < 4.78 is 0. The van der Waals surface area contributed by atoms with E-state index in [0.29, 0.717) is 21.6 Å². The number of rotatable bonds is 3. The van der Waals surface area contributed by atoms with Gasteiger partial charge in [-0.3, -0.25) is 0 Å². The number of nitrogen functional groups attached to an aromatic ring is 1. The van der Waals surface area contributed by atoms with Crippen molar-refractivity contribution in [3.05, 3.63) is 28.5 Å². The van der Waals surface area contributed by atoms with E-state index in [1.807, 2.05) is 6.07 Å². The number of halogens is 2. The molecule has 2 saturated heterocycles. The Kier molecular flexibility index (Phi) is 4.91. The molecular formula is C17H21Cl2N7. The van der Waals surface area contributed by atoms with Gasteiger partial charge in [0, 0.05) is 51.7 Å². The number of nitrogens with two attached hydrogens (primary N) is 1. The van der Waals surface area contributed by atoms with Crippen molar-refractivity contribution in [3.63, 3.8) is 0 Å². The minimum Gasteiger partial charge on any atom is -0.396 e. The van der Waals surface area contributed by atoms with E-state index < -0.39 is 0 Å². The van der Waals surface area contributed by atoms with Crippen LogP contribution in [0.1, 0.15) is 12.8 Å². The fourth-order valence-electron chi connectivity index (χ4n) is 3.46. The molecule has 7 nitrogen and oxygen atoms in total. The Morgan fingerprint density at radius 2 is 1.27 bits per heavy atom. The van der Waals surface area contributed by atoms with Gasteiger partial charge >= 0.3 is 0 Å². The van der Waals surface area contributed by atoms with E-state index in [9.17, 15) is 0 Å². The Balaban J connectivity index is 1.56. The standard InChI is InChI=1S/C17H21Cl2N7/c18-12-14(20)13(19)16(23-15(12)24-6-1-2-7-24)25-8-10-26(11-9-25)17-21-4-3-5-22-17/h3-5H,1-2,6-11H2,(H2,20,23). The second kappa shape index (κ2) is 7.32. The highest BCUT2D eigenvalue weighted by molar-refractivity contribution is 6.41. The summed E-state index contributed by atoms with van der Waals surface area (Å²) >= 11 is 12.9. The Labute approximate surface area is 162 Å². The fourth-order valence-corrected chi connectivity index (χ4v) is 4.02. The summed E-state index contributed by atoms with van der Waals surface area (Å²) in [4.78, 5) is 19.9. The number of piperazine rings is 1. The van der Waals surface area contributed by atoms with Crippen molar-refractivity contribution in [1.82, 2.24) is 15.0 Å². The Bertz CT molecular complexity index is 772. The zero-order valence-corrected chi connectivity index (χ0v) is 15.9. The molecule has 0 atom stereocenters. The normalized spacial score (nSPS) is 17.8. The van der Waals surface area contributed by atoms with Crippen molar-refractivity contribution in [1.29, 1.82) is 0 Å². The van der Waals surface area contributed by atoms with Gasteiger partial charge in [-0.2, -0.15) is 0 Å². The number of anilines is 4. The minimum atomic E-state index is 0.411. The number of hydrogen-bond acceptors (Lipinski definition) is 7. The number of nitrogens with zero attached hydrogens (tertiary/aromatic N) is 6. The molecule has 2 fully saturated rings. The molecule has 4 rings (SSSR count). The van der Waals surface area contributed by atoms with Crippen LogP contribution in [0.25, 0.3) is 0 Å². The van der Waals surface area contributed by atoms with Gasteiger partial charge in [0.25, 0.3) is 0 Å². The van der Waals surface area contributed by atoms with Crippen molar-refractivity contribution < 1.29 is 0 Å². The maximum Gasteiger partial charge on any atom is 0.225 e. The van der Waals surface area contributed by atoms with Crippen LogP contribution in [0, 0.1) is 0 Å². The molecule has 0 aliphatic carbocycles. The first-order chi connectivity index (χ1) is 12.6. The van der Waals surface area contributed by atoms with Gasteiger partial charge in [-0.25, -0.2) is 15.0 Å². The molecule has 2 N–H and O–H groups in total. The van der Waals surface area contributed by atoms with Crippen molar-refractivity contribution in [2.75, 3.05) is 59.7 Å². The van der Waals surface area contributed by atoms with Crippen LogP contribution in [-0.2, 0) is 0 Å². The first kappa shape index (κ1) is 17.4. The molecule has 0 radical (unpaired) electrons. The summed E-state index contributed by atoms with van der Waals surface area (Å²) in [7, 11) is 0. The van der Waals surface area contributed by atoms with Gasteiger partial charge in [0.2, 0.25) is 5.95 Å². The van der Waals surface area contributed by atoms with Crippen molar-refractivity contribution in [3.8, 4) is 0 Å². The lowest BCUT2D eigenvalue weighted by Gasteiger charge is -2.36. The lowest BCUT2D eigenvalue weighted by molar-refractivity contribution is 0.634. The molecule has 0 spiro atoms. The third kappa shape index (κ3) is 3.21. The van der Waals surface area contributed by atoms with Gasteiger partial charge in [-0.1, -0.05) is 23.2 Å². The highest BCUT2D eigenvalue weighted by Gasteiger charge is 2.27. The summed E-state index contributed by atoms with van der Waals surface area (Å²) in [5, 5.41) is 0.888. The first-order valence-electron chi connectivity index (χ1n) is 8.81. The first-order valence-corrected chi connectivity index (χ1v) is 9.57. The van der Waals surface area contributed by atoms with Crippen LogP contribution in [0.15, 0.2) is 18.5 Å². The third-order valence-corrected chi connectivity index (χ3v) is 5.64. The molecule has 2 aliphatic rings. The lowest BCUT2D eigenvalue weighted by Crippen LogP contribution is -2.47. The second-order valence-electron chi connectivity index (χ2n) is 6.52. The summed E-state index contributed by atoms with van der Waals surface area (Å²) in [6.07, 6.45) is 5.81. The Morgan fingerprint density at radius 3 is 1.85 bits per heavy atom. The number of pyridine rings is 1. The summed E-state index contributed by atoms with van der Waals surface area (Å²) in [5.41, 5.74) is 6.60.